The molecule has 0 radical (unpaired) electrons. The van der Waals surface area contributed by atoms with Crippen LogP contribution in [0.25, 0.3) is 0 Å². The van der Waals surface area contributed by atoms with E-state index >= 15 is 0 Å². The minimum Gasteiger partial charge on any atom is -0.481 e. The van der Waals surface area contributed by atoms with Crippen molar-refractivity contribution in [3.05, 3.63) is 0 Å². The average molecular weight is 155 g/mol. The number of nitrogens with one attached hydrogen (secondary N) is 1. The van der Waals surface area contributed by atoms with Crippen LogP contribution in [0, 0.1) is 11.8 Å². The van der Waals surface area contributed by atoms with Gasteiger partial charge in [0.05, 0.1) is 5.92 Å². The van der Waals surface area contributed by atoms with Gasteiger partial charge < -0.3 is 10.4 Å². The summed E-state index contributed by atoms with van der Waals surface area (Å²) < 4.78 is 0. The predicted molar refractivity (Wildman–Crippen MR) is 40.3 cm³/mol. The van der Waals surface area contributed by atoms with Crippen molar-refractivity contribution in [1.82, 2.24) is 5.32 Å². The second kappa shape index (κ2) is 2.48. The predicted octanol–water partition coefficient (Wildman–Crippen LogP) is 0.459. The molecule has 62 valence electrons. The molecule has 0 aromatic rings. The highest BCUT2D eigenvalue weighted by Crippen LogP contribution is 2.38. The van der Waals surface area contributed by atoms with Crippen LogP contribution in [0.1, 0.15) is 19.3 Å². The number of carboxylic acid groups (broad SMARTS) is 1. The fraction of sp³-hybridized carbons (Fsp3) is 0.875. The van der Waals surface area contributed by atoms with Crippen LogP contribution in [0.15, 0.2) is 0 Å². The molecule has 2 unspecified atom stereocenters. The lowest BCUT2D eigenvalue weighted by molar-refractivity contribution is -0.138. The van der Waals surface area contributed by atoms with Gasteiger partial charge in [-0.15, -0.1) is 0 Å². The van der Waals surface area contributed by atoms with Gasteiger partial charge in [0.2, 0.25) is 0 Å². The van der Waals surface area contributed by atoms with Crippen LogP contribution in [0.3, 0.4) is 0 Å². The lowest BCUT2D eigenvalue weighted by Crippen LogP contribution is -2.20. The quantitative estimate of drug-likeness (QED) is 0.620. The minimum atomic E-state index is -0.618. The van der Waals surface area contributed by atoms with Gasteiger partial charge in [-0.1, -0.05) is 0 Å². The van der Waals surface area contributed by atoms with E-state index < -0.39 is 5.97 Å². The highest BCUT2D eigenvalue weighted by atomic mass is 16.4. The third-order valence-corrected chi connectivity index (χ3v) is 2.49. The SMILES string of the molecule is O=C(O)C1CC1CNC1CC1. The highest BCUT2D eigenvalue weighted by molar-refractivity contribution is 5.73. The molecule has 0 bridgehead atoms. The van der Waals surface area contributed by atoms with Gasteiger partial charge in [-0.25, -0.2) is 0 Å². The van der Waals surface area contributed by atoms with Crippen molar-refractivity contribution >= 4 is 5.97 Å². The molecule has 0 heterocycles. The molecule has 2 atom stereocenters. The molecule has 3 heteroatoms. The summed E-state index contributed by atoms with van der Waals surface area (Å²) in [6.45, 7) is 0.918. The third-order valence-electron chi connectivity index (χ3n) is 2.49. The number of carboxylic acids is 1. The van der Waals surface area contributed by atoms with E-state index in [4.69, 9.17) is 5.11 Å². The van der Waals surface area contributed by atoms with Crippen LogP contribution in [-0.4, -0.2) is 23.7 Å². The molecule has 2 aliphatic carbocycles. The Balaban J connectivity index is 1.62. The molecule has 0 aromatic carbocycles. The van der Waals surface area contributed by atoms with E-state index in [1.54, 1.807) is 0 Å². The first-order valence-electron chi connectivity index (χ1n) is 4.23. The molecule has 2 fully saturated rings. The van der Waals surface area contributed by atoms with E-state index in [9.17, 15) is 4.79 Å². The first-order valence-corrected chi connectivity index (χ1v) is 4.23. The maximum absolute atomic E-state index is 10.4. The summed E-state index contributed by atoms with van der Waals surface area (Å²) >= 11 is 0. The zero-order valence-corrected chi connectivity index (χ0v) is 6.42. The van der Waals surface area contributed by atoms with Crippen molar-refractivity contribution < 1.29 is 9.90 Å². The molecule has 2 aliphatic rings. The largest absolute Gasteiger partial charge is 0.481 e. The molecular weight excluding hydrogens is 142 g/mol. The molecule has 0 aliphatic heterocycles. The summed E-state index contributed by atoms with van der Waals surface area (Å²) in [5.41, 5.74) is 0. The van der Waals surface area contributed by atoms with Crippen molar-refractivity contribution in [2.24, 2.45) is 11.8 Å². The van der Waals surface area contributed by atoms with Gasteiger partial charge in [0, 0.05) is 6.04 Å². The van der Waals surface area contributed by atoms with Crippen molar-refractivity contribution in [1.29, 1.82) is 0 Å². The summed E-state index contributed by atoms with van der Waals surface area (Å²) in [7, 11) is 0. The van der Waals surface area contributed by atoms with Gasteiger partial charge in [0.1, 0.15) is 0 Å². The fourth-order valence-electron chi connectivity index (χ4n) is 1.38. The van der Waals surface area contributed by atoms with E-state index in [1.165, 1.54) is 12.8 Å². The molecule has 0 aromatic heterocycles. The van der Waals surface area contributed by atoms with Gasteiger partial charge in [-0.3, -0.25) is 4.79 Å². The Morgan fingerprint density at radius 2 is 2.27 bits per heavy atom. The summed E-state index contributed by atoms with van der Waals surface area (Å²) in [5.74, 6) is -0.234. The molecule has 0 saturated heterocycles. The molecule has 2 rings (SSSR count). The molecule has 0 amide bonds. The van der Waals surface area contributed by atoms with Crippen molar-refractivity contribution in [2.45, 2.75) is 25.3 Å². The number of hydrogen-bond acceptors (Lipinski definition) is 2. The van der Waals surface area contributed by atoms with Gasteiger partial charge in [-0.05, 0) is 31.7 Å². The van der Waals surface area contributed by atoms with E-state index in [2.05, 4.69) is 5.32 Å². The lowest BCUT2D eigenvalue weighted by atomic mass is 10.3. The Kier molecular flexibility index (Phi) is 1.60. The first-order chi connectivity index (χ1) is 5.27. The smallest absolute Gasteiger partial charge is 0.306 e. The van der Waals surface area contributed by atoms with Crippen LogP contribution in [0.4, 0.5) is 0 Å². The topological polar surface area (TPSA) is 49.3 Å². The normalized spacial score (nSPS) is 35.3. The number of hydrogen-bond donors (Lipinski definition) is 2. The van der Waals surface area contributed by atoms with Crippen molar-refractivity contribution in [3.8, 4) is 0 Å². The fourth-order valence-corrected chi connectivity index (χ4v) is 1.38. The van der Waals surface area contributed by atoms with Gasteiger partial charge in [0.25, 0.3) is 0 Å². The monoisotopic (exact) mass is 155 g/mol. The third kappa shape index (κ3) is 1.71. The summed E-state index contributed by atoms with van der Waals surface area (Å²) in [4.78, 5) is 10.4. The zero-order chi connectivity index (χ0) is 7.84. The number of carbonyl (C=O) groups is 1. The average Bonchev–Trinajstić information content (AvgIpc) is 2.81. The van der Waals surface area contributed by atoms with E-state index in [-0.39, 0.29) is 5.92 Å². The molecule has 2 saturated carbocycles. The van der Waals surface area contributed by atoms with E-state index in [1.807, 2.05) is 0 Å². The molecular formula is C8H13NO2. The van der Waals surface area contributed by atoms with Crippen molar-refractivity contribution in [3.63, 3.8) is 0 Å². The van der Waals surface area contributed by atoms with Crippen LogP contribution in [-0.2, 0) is 4.79 Å². The number of aliphatic carboxylic acids is 1. The summed E-state index contributed by atoms with van der Waals surface area (Å²) in [6.07, 6.45) is 3.45. The van der Waals surface area contributed by atoms with E-state index in [0.29, 0.717) is 12.0 Å². The lowest BCUT2D eigenvalue weighted by Gasteiger charge is -1.98. The standard InChI is InChI=1S/C8H13NO2/c10-8(11)7-3-5(7)4-9-6-1-2-6/h5-7,9H,1-4H2,(H,10,11). The molecule has 3 nitrogen and oxygen atoms in total. The zero-order valence-electron chi connectivity index (χ0n) is 6.42. The van der Waals surface area contributed by atoms with Crippen LogP contribution in [0.2, 0.25) is 0 Å². The second-order valence-corrected chi connectivity index (χ2v) is 3.62. The Bertz CT molecular complexity index is 177. The van der Waals surface area contributed by atoms with E-state index in [0.717, 1.165) is 13.0 Å². The Morgan fingerprint density at radius 1 is 1.55 bits per heavy atom. The molecule has 11 heavy (non-hydrogen) atoms. The van der Waals surface area contributed by atoms with Crippen LogP contribution >= 0.6 is 0 Å². The first kappa shape index (κ1) is 7.10. The van der Waals surface area contributed by atoms with Gasteiger partial charge >= 0.3 is 5.97 Å². The Morgan fingerprint density at radius 3 is 2.73 bits per heavy atom. The van der Waals surface area contributed by atoms with Gasteiger partial charge in [0.15, 0.2) is 0 Å². The Labute approximate surface area is 65.8 Å². The molecule has 2 N–H and O–H groups in total. The second-order valence-electron chi connectivity index (χ2n) is 3.62. The number of rotatable bonds is 4. The maximum Gasteiger partial charge on any atom is 0.306 e. The summed E-state index contributed by atoms with van der Waals surface area (Å²) in [6, 6.07) is 0.713. The molecule has 0 spiro atoms. The summed E-state index contributed by atoms with van der Waals surface area (Å²) in [5, 5.41) is 11.9. The van der Waals surface area contributed by atoms with Crippen LogP contribution in [0.5, 0.6) is 0 Å². The maximum atomic E-state index is 10.4. The van der Waals surface area contributed by atoms with Crippen molar-refractivity contribution in [2.75, 3.05) is 6.54 Å². The highest BCUT2D eigenvalue weighted by Gasteiger charge is 2.43. The Hall–Kier alpha value is -0.570. The van der Waals surface area contributed by atoms with Crippen LogP contribution < -0.4 is 5.32 Å². The minimum absolute atomic E-state index is 0.0405. The van der Waals surface area contributed by atoms with Gasteiger partial charge in [-0.2, -0.15) is 0 Å².